The number of carbonyl (C=O) groups excluding carboxylic acids is 1. The van der Waals surface area contributed by atoms with Gasteiger partial charge in [-0.25, -0.2) is 4.39 Å². The van der Waals surface area contributed by atoms with Crippen molar-refractivity contribution in [3.05, 3.63) is 81.9 Å². The zero-order chi connectivity index (χ0) is 20.3. The summed E-state index contributed by atoms with van der Waals surface area (Å²) in [5.74, 6) is -0.597. The van der Waals surface area contributed by atoms with E-state index in [1.54, 1.807) is 13.0 Å². The van der Waals surface area contributed by atoms with Gasteiger partial charge in [0.25, 0.3) is 5.56 Å². The van der Waals surface area contributed by atoms with E-state index in [0.717, 1.165) is 11.1 Å². The average molecular weight is 397 g/mol. The molecule has 28 heavy (non-hydrogen) atoms. The normalized spacial score (nSPS) is 11.9. The summed E-state index contributed by atoms with van der Waals surface area (Å²) in [6, 6.07) is 14.3. The van der Waals surface area contributed by atoms with E-state index in [4.69, 9.17) is 0 Å². The third-order valence-electron chi connectivity index (χ3n) is 4.29. The lowest BCUT2D eigenvalue weighted by Crippen LogP contribution is -2.24. The number of rotatable bonds is 5. The van der Waals surface area contributed by atoms with E-state index in [1.165, 1.54) is 46.8 Å². The van der Waals surface area contributed by atoms with Crippen molar-refractivity contribution in [1.29, 1.82) is 0 Å². The Labute approximate surface area is 166 Å². The number of nitrogens with one attached hydrogen (secondary N) is 1. The van der Waals surface area contributed by atoms with Gasteiger partial charge in [-0.1, -0.05) is 17.8 Å². The second kappa shape index (κ2) is 8.39. The number of carbonyl (C=O) groups is 1. The Balaban J connectivity index is 1.76. The molecule has 1 aromatic heterocycles. The molecule has 3 rings (SSSR count). The summed E-state index contributed by atoms with van der Waals surface area (Å²) in [6.45, 7) is 5.73. The van der Waals surface area contributed by atoms with Crippen molar-refractivity contribution >= 4 is 23.4 Å². The minimum Gasteiger partial charge on any atom is -0.325 e. The molecule has 0 aliphatic carbocycles. The van der Waals surface area contributed by atoms with E-state index in [9.17, 15) is 14.0 Å². The van der Waals surface area contributed by atoms with Gasteiger partial charge in [0.05, 0.1) is 10.9 Å². The van der Waals surface area contributed by atoms with E-state index < -0.39 is 5.25 Å². The standard InChI is InChI=1S/C21H20FN3O2S/c1-13-4-9-18(12-14(13)2)25-20(26)11-10-19(24-25)28-15(3)21(27)23-17-7-5-16(22)6-8-17/h4-12,15H,1-3H3,(H,23,27)/t15-/m0/s1. The van der Waals surface area contributed by atoms with Gasteiger partial charge in [-0.15, -0.1) is 0 Å². The Morgan fingerprint density at radius 2 is 1.79 bits per heavy atom. The minimum atomic E-state index is -0.455. The van der Waals surface area contributed by atoms with Crippen LogP contribution in [0.2, 0.25) is 0 Å². The number of halogens is 1. The minimum absolute atomic E-state index is 0.234. The first-order valence-corrected chi connectivity index (χ1v) is 9.62. The van der Waals surface area contributed by atoms with Crippen molar-refractivity contribution in [1.82, 2.24) is 9.78 Å². The molecule has 1 amide bonds. The van der Waals surface area contributed by atoms with Gasteiger partial charge in [-0.2, -0.15) is 9.78 Å². The van der Waals surface area contributed by atoms with Crippen LogP contribution in [-0.2, 0) is 4.79 Å². The van der Waals surface area contributed by atoms with Crippen molar-refractivity contribution in [3.8, 4) is 5.69 Å². The fourth-order valence-electron chi connectivity index (χ4n) is 2.51. The third-order valence-corrected chi connectivity index (χ3v) is 5.32. The Kier molecular flexibility index (Phi) is 5.94. The number of anilines is 1. The average Bonchev–Trinajstić information content (AvgIpc) is 2.67. The molecule has 0 fully saturated rings. The van der Waals surface area contributed by atoms with Crippen molar-refractivity contribution in [3.63, 3.8) is 0 Å². The fraction of sp³-hybridized carbons (Fsp3) is 0.190. The maximum Gasteiger partial charge on any atom is 0.271 e. The Morgan fingerprint density at radius 1 is 1.07 bits per heavy atom. The quantitative estimate of drug-likeness (QED) is 0.658. The smallest absolute Gasteiger partial charge is 0.271 e. The lowest BCUT2D eigenvalue weighted by molar-refractivity contribution is -0.115. The van der Waals surface area contributed by atoms with Gasteiger partial charge < -0.3 is 5.32 Å². The molecule has 0 bridgehead atoms. The Bertz CT molecular complexity index is 1060. The largest absolute Gasteiger partial charge is 0.325 e. The highest BCUT2D eigenvalue weighted by Gasteiger charge is 2.16. The van der Waals surface area contributed by atoms with Crippen LogP contribution in [0.3, 0.4) is 0 Å². The molecule has 144 valence electrons. The maximum atomic E-state index is 13.0. The summed E-state index contributed by atoms with van der Waals surface area (Å²) >= 11 is 1.24. The molecule has 7 heteroatoms. The molecule has 2 aromatic carbocycles. The van der Waals surface area contributed by atoms with Gasteiger partial charge >= 0.3 is 0 Å². The number of hydrogen-bond donors (Lipinski definition) is 1. The number of benzene rings is 2. The van der Waals surface area contributed by atoms with Gasteiger partial charge in [0, 0.05) is 11.8 Å². The molecule has 1 atom stereocenters. The van der Waals surface area contributed by atoms with Crippen LogP contribution in [0.4, 0.5) is 10.1 Å². The molecule has 0 saturated heterocycles. The highest BCUT2D eigenvalue weighted by molar-refractivity contribution is 8.00. The molecule has 0 aliphatic rings. The van der Waals surface area contributed by atoms with Gasteiger partial charge in [-0.3, -0.25) is 9.59 Å². The molecule has 0 unspecified atom stereocenters. The van der Waals surface area contributed by atoms with Crippen LogP contribution in [-0.4, -0.2) is 20.9 Å². The summed E-state index contributed by atoms with van der Waals surface area (Å²) in [6.07, 6.45) is 0. The van der Waals surface area contributed by atoms with Crippen molar-refractivity contribution < 1.29 is 9.18 Å². The first kappa shape index (κ1) is 19.8. The van der Waals surface area contributed by atoms with E-state index in [1.807, 2.05) is 32.0 Å². The maximum absolute atomic E-state index is 13.0. The highest BCUT2D eigenvalue weighted by Crippen LogP contribution is 2.22. The van der Waals surface area contributed by atoms with Gasteiger partial charge in [0.2, 0.25) is 5.91 Å². The van der Waals surface area contributed by atoms with Gasteiger partial charge in [-0.05, 0) is 74.4 Å². The van der Waals surface area contributed by atoms with Crippen molar-refractivity contribution in [2.24, 2.45) is 0 Å². The second-order valence-corrected chi connectivity index (χ2v) is 7.81. The summed E-state index contributed by atoms with van der Waals surface area (Å²) in [7, 11) is 0. The van der Waals surface area contributed by atoms with Crippen LogP contribution < -0.4 is 10.9 Å². The fourth-order valence-corrected chi connectivity index (χ4v) is 3.31. The topological polar surface area (TPSA) is 64.0 Å². The molecular weight excluding hydrogens is 377 g/mol. The van der Waals surface area contributed by atoms with Crippen LogP contribution >= 0.6 is 11.8 Å². The highest BCUT2D eigenvalue weighted by atomic mass is 32.2. The summed E-state index contributed by atoms with van der Waals surface area (Å²) in [5.41, 5.74) is 3.16. The summed E-state index contributed by atoms with van der Waals surface area (Å²) in [4.78, 5) is 24.6. The van der Waals surface area contributed by atoms with E-state index in [2.05, 4.69) is 10.4 Å². The van der Waals surface area contributed by atoms with E-state index in [0.29, 0.717) is 16.4 Å². The second-order valence-electron chi connectivity index (χ2n) is 6.45. The molecule has 0 aliphatic heterocycles. The number of amides is 1. The summed E-state index contributed by atoms with van der Waals surface area (Å²) < 4.78 is 14.3. The lowest BCUT2D eigenvalue weighted by Gasteiger charge is -2.13. The molecule has 1 N–H and O–H groups in total. The number of hydrogen-bond acceptors (Lipinski definition) is 4. The van der Waals surface area contributed by atoms with Gasteiger partial charge in [0.15, 0.2) is 0 Å². The molecule has 0 spiro atoms. The molecule has 0 radical (unpaired) electrons. The van der Waals surface area contributed by atoms with Gasteiger partial charge in [0.1, 0.15) is 10.8 Å². The lowest BCUT2D eigenvalue weighted by atomic mass is 10.1. The van der Waals surface area contributed by atoms with Crippen LogP contribution in [0, 0.1) is 19.7 Å². The molecule has 3 aromatic rings. The number of aryl methyl sites for hydroxylation is 2. The van der Waals surface area contributed by atoms with E-state index >= 15 is 0 Å². The molecular formula is C21H20FN3O2S. The third kappa shape index (κ3) is 4.67. The zero-order valence-corrected chi connectivity index (χ0v) is 16.6. The number of thioether (sulfide) groups is 1. The SMILES string of the molecule is Cc1ccc(-n2nc(S[C@@H](C)C(=O)Nc3ccc(F)cc3)ccc2=O)cc1C. The number of aromatic nitrogens is 2. The van der Waals surface area contributed by atoms with Crippen LogP contribution in [0.5, 0.6) is 0 Å². The first-order valence-electron chi connectivity index (χ1n) is 8.74. The first-order chi connectivity index (χ1) is 13.3. The van der Waals surface area contributed by atoms with Crippen LogP contribution in [0.15, 0.2) is 64.4 Å². The monoisotopic (exact) mass is 397 g/mol. The van der Waals surface area contributed by atoms with Crippen LogP contribution in [0.1, 0.15) is 18.1 Å². The number of nitrogens with zero attached hydrogens (tertiary/aromatic N) is 2. The van der Waals surface area contributed by atoms with Crippen molar-refractivity contribution in [2.75, 3.05) is 5.32 Å². The molecule has 5 nitrogen and oxygen atoms in total. The predicted molar refractivity (Wildman–Crippen MR) is 110 cm³/mol. The van der Waals surface area contributed by atoms with E-state index in [-0.39, 0.29) is 17.3 Å². The Hall–Kier alpha value is -2.93. The van der Waals surface area contributed by atoms with Crippen LogP contribution in [0.25, 0.3) is 5.69 Å². The summed E-state index contributed by atoms with van der Waals surface area (Å²) in [5, 5.41) is 7.23. The zero-order valence-electron chi connectivity index (χ0n) is 15.8. The predicted octanol–water partition coefficient (Wildman–Crippen LogP) is 4.11. The van der Waals surface area contributed by atoms with Crippen molar-refractivity contribution in [2.45, 2.75) is 31.0 Å². The molecule has 1 heterocycles. The Morgan fingerprint density at radius 3 is 2.46 bits per heavy atom. The molecule has 0 saturated carbocycles.